The SMILES string of the molecule is CC(C)(C)n1nc(-c2ccc(OC(F)(F)F)cc2)cc1N. The van der Waals surface area contributed by atoms with Crippen LogP contribution in [-0.4, -0.2) is 16.1 Å². The molecule has 7 heteroatoms. The predicted molar refractivity (Wildman–Crippen MR) is 73.8 cm³/mol. The largest absolute Gasteiger partial charge is 0.573 e. The van der Waals surface area contributed by atoms with Gasteiger partial charge in [0, 0.05) is 11.6 Å². The summed E-state index contributed by atoms with van der Waals surface area (Å²) in [7, 11) is 0. The maximum absolute atomic E-state index is 12.1. The Kier molecular flexibility index (Phi) is 3.61. The molecular formula is C14H16F3N3O. The molecule has 0 bridgehead atoms. The van der Waals surface area contributed by atoms with E-state index >= 15 is 0 Å². The van der Waals surface area contributed by atoms with Crippen molar-refractivity contribution in [3.8, 4) is 17.0 Å². The first-order valence-electron chi connectivity index (χ1n) is 6.28. The Labute approximate surface area is 120 Å². The third-order valence-corrected chi connectivity index (χ3v) is 2.76. The van der Waals surface area contributed by atoms with E-state index in [-0.39, 0.29) is 11.3 Å². The van der Waals surface area contributed by atoms with Gasteiger partial charge in [0.25, 0.3) is 0 Å². The zero-order valence-corrected chi connectivity index (χ0v) is 11.9. The lowest BCUT2D eigenvalue weighted by molar-refractivity contribution is -0.274. The highest BCUT2D eigenvalue weighted by atomic mass is 19.4. The number of benzene rings is 1. The summed E-state index contributed by atoms with van der Waals surface area (Å²) in [5.41, 5.74) is 6.89. The van der Waals surface area contributed by atoms with Crippen LogP contribution in [0, 0.1) is 0 Å². The van der Waals surface area contributed by atoms with Crippen molar-refractivity contribution in [3.05, 3.63) is 30.3 Å². The van der Waals surface area contributed by atoms with Crippen LogP contribution in [0.1, 0.15) is 20.8 Å². The summed E-state index contributed by atoms with van der Waals surface area (Å²) in [6.07, 6.45) is -4.69. The Morgan fingerprint density at radius 3 is 2.10 bits per heavy atom. The molecule has 0 atom stereocenters. The lowest BCUT2D eigenvalue weighted by Crippen LogP contribution is -2.24. The molecule has 1 heterocycles. The van der Waals surface area contributed by atoms with Gasteiger partial charge in [0.2, 0.25) is 0 Å². The lowest BCUT2D eigenvalue weighted by atomic mass is 10.1. The van der Waals surface area contributed by atoms with E-state index in [1.807, 2.05) is 20.8 Å². The van der Waals surface area contributed by atoms with Gasteiger partial charge < -0.3 is 10.5 Å². The number of alkyl halides is 3. The van der Waals surface area contributed by atoms with E-state index in [1.165, 1.54) is 24.3 Å². The van der Waals surface area contributed by atoms with Gasteiger partial charge in [-0.05, 0) is 45.0 Å². The van der Waals surface area contributed by atoms with Gasteiger partial charge in [0.05, 0.1) is 11.2 Å². The fraction of sp³-hybridized carbons (Fsp3) is 0.357. The van der Waals surface area contributed by atoms with Crippen molar-refractivity contribution in [1.82, 2.24) is 9.78 Å². The van der Waals surface area contributed by atoms with E-state index in [2.05, 4.69) is 9.84 Å². The number of hydrogen-bond donors (Lipinski definition) is 1. The van der Waals surface area contributed by atoms with Gasteiger partial charge in [-0.25, -0.2) is 4.68 Å². The molecule has 0 saturated heterocycles. The molecule has 0 saturated carbocycles. The Hall–Kier alpha value is -2.18. The van der Waals surface area contributed by atoms with Crippen LogP contribution in [0.25, 0.3) is 11.3 Å². The van der Waals surface area contributed by atoms with Gasteiger partial charge in [-0.3, -0.25) is 0 Å². The third kappa shape index (κ3) is 3.68. The van der Waals surface area contributed by atoms with Gasteiger partial charge >= 0.3 is 6.36 Å². The van der Waals surface area contributed by atoms with Gasteiger partial charge in [-0.1, -0.05) is 0 Å². The highest BCUT2D eigenvalue weighted by Gasteiger charge is 2.31. The second-order valence-electron chi connectivity index (χ2n) is 5.61. The molecule has 2 N–H and O–H groups in total. The molecule has 1 aromatic heterocycles. The lowest BCUT2D eigenvalue weighted by Gasteiger charge is -2.20. The van der Waals surface area contributed by atoms with Crippen LogP contribution in [0.5, 0.6) is 5.75 Å². The van der Waals surface area contributed by atoms with Gasteiger partial charge in [0.15, 0.2) is 0 Å². The third-order valence-electron chi connectivity index (χ3n) is 2.76. The second kappa shape index (κ2) is 4.98. The second-order valence-corrected chi connectivity index (χ2v) is 5.61. The molecule has 0 fully saturated rings. The highest BCUT2D eigenvalue weighted by molar-refractivity contribution is 5.63. The molecule has 0 radical (unpaired) electrons. The molecule has 114 valence electrons. The summed E-state index contributed by atoms with van der Waals surface area (Å²) in [4.78, 5) is 0. The summed E-state index contributed by atoms with van der Waals surface area (Å²) in [5.74, 6) is 0.225. The highest BCUT2D eigenvalue weighted by Crippen LogP contribution is 2.28. The summed E-state index contributed by atoms with van der Waals surface area (Å²) in [6, 6.07) is 7.20. The van der Waals surface area contributed by atoms with Crippen molar-refractivity contribution in [2.24, 2.45) is 0 Å². The first-order valence-corrected chi connectivity index (χ1v) is 6.28. The molecule has 2 rings (SSSR count). The van der Waals surface area contributed by atoms with E-state index in [0.29, 0.717) is 17.1 Å². The first kappa shape index (κ1) is 15.2. The Morgan fingerprint density at radius 2 is 1.67 bits per heavy atom. The van der Waals surface area contributed by atoms with Gasteiger partial charge in [-0.15, -0.1) is 13.2 Å². The fourth-order valence-electron chi connectivity index (χ4n) is 1.90. The molecular weight excluding hydrogens is 283 g/mol. The molecule has 0 unspecified atom stereocenters. The first-order chi connectivity index (χ1) is 9.56. The van der Waals surface area contributed by atoms with Crippen LogP contribution in [0.15, 0.2) is 30.3 Å². The van der Waals surface area contributed by atoms with Crippen molar-refractivity contribution < 1.29 is 17.9 Å². The Morgan fingerprint density at radius 1 is 1.10 bits per heavy atom. The van der Waals surface area contributed by atoms with Crippen molar-refractivity contribution in [1.29, 1.82) is 0 Å². The Bertz CT molecular complexity index is 624. The predicted octanol–water partition coefficient (Wildman–Crippen LogP) is 3.79. The minimum atomic E-state index is -4.69. The molecule has 21 heavy (non-hydrogen) atoms. The average Bonchev–Trinajstić information content (AvgIpc) is 2.70. The summed E-state index contributed by atoms with van der Waals surface area (Å²) in [6.45, 7) is 5.88. The van der Waals surface area contributed by atoms with Crippen LogP contribution in [0.3, 0.4) is 0 Å². The Balaban J connectivity index is 2.27. The maximum Gasteiger partial charge on any atom is 0.573 e. The van der Waals surface area contributed by atoms with E-state index < -0.39 is 6.36 Å². The van der Waals surface area contributed by atoms with E-state index in [0.717, 1.165) is 0 Å². The molecule has 0 spiro atoms. The van der Waals surface area contributed by atoms with Gasteiger partial charge in [-0.2, -0.15) is 5.10 Å². The number of ether oxygens (including phenoxy) is 1. The van der Waals surface area contributed by atoms with E-state index in [1.54, 1.807) is 10.7 Å². The zero-order chi connectivity index (χ0) is 15.8. The number of nitrogen functional groups attached to an aromatic ring is 1. The number of halogens is 3. The number of hydrogen-bond acceptors (Lipinski definition) is 3. The number of nitrogens with zero attached hydrogens (tertiary/aromatic N) is 2. The molecule has 0 aliphatic carbocycles. The van der Waals surface area contributed by atoms with Crippen molar-refractivity contribution in [2.45, 2.75) is 32.7 Å². The minimum absolute atomic E-state index is 0.269. The van der Waals surface area contributed by atoms with E-state index in [4.69, 9.17) is 5.73 Å². The zero-order valence-electron chi connectivity index (χ0n) is 11.9. The van der Waals surface area contributed by atoms with Crippen LogP contribution in [0.4, 0.5) is 19.0 Å². The quantitative estimate of drug-likeness (QED) is 0.918. The topological polar surface area (TPSA) is 53.1 Å². The van der Waals surface area contributed by atoms with Crippen LogP contribution < -0.4 is 10.5 Å². The number of aromatic nitrogens is 2. The van der Waals surface area contributed by atoms with Crippen LogP contribution in [0.2, 0.25) is 0 Å². The van der Waals surface area contributed by atoms with Crippen LogP contribution in [-0.2, 0) is 5.54 Å². The number of rotatable bonds is 2. The van der Waals surface area contributed by atoms with Crippen molar-refractivity contribution in [2.75, 3.05) is 5.73 Å². The summed E-state index contributed by atoms with van der Waals surface area (Å²) >= 11 is 0. The smallest absolute Gasteiger partial charge is 0.406 e. The van der Waals surface area contributed by atoms with Gasteiger partial charge in [0.1, 0.15) is 11.6 Å². The molecule has 0 amide bonds. The van der Waals surface area contributed by atoms with E-state index in [9.17, 15) is 13.2 Å². The normalized spacial score (nSPS) is 12.5. The average molecular weight is 299 g/mol. The minimum Gasteiger partial charge on any atom is -0.406 e. The van der Waals surface area contributed by atoms with Crippen molar-refractivity contribution in [3.63, 3.8) is 0 Å². The molecule has 0 aliphatic rings. The van der Waals surface area contributed by atoms with Crippen molar-refractivity contribution >= 4 is 5.82 Å². The molecule has 1 aromatic carbocycles. The number of anilines is 1. The monoisotopic (exact) mass is 299 g/mol. The summed E-state index contributed by atoms with van der Waals surface area (Å²) in [5, 5.41) is 4.38. The molecule has 0 aliphatic heterocycles. The molecule has 4 nitrogen and oxygen atoms in total. The van der Waals surface area contributed by atoms with Crippen LogP contribution >= 0.6 is 0 Å². The molecule has 2 aromatic rings. The number of nitrogens with two attached hydrogens (primary N) is 1. The summed E-state index contributed by atoms with van der Waals surface area (Å²) < 4.78 is 41.8. The standard InChI is InChI=1S/C14H16F3N3O/c1-13(2,3)20-12(18)8-11(19-20)9-4-6-10(7-5-9)21-14(15,16)17/h4-8H,18H2,1-3H3. The fourth-order valence-corrected chi connectivity index (χ4v) is 1.90. The maximum atomic E-state index is 12.1.